The van der Waals surface area contributed by atoms with E-state index in [1.54, 1.807) is 6.26 Å². The van der Waals surface area contributed by atoms with Crippen molar-refractivity contribution in [2.75, 3.05) is 39.4 Å². The standard InChI is InChI=1S/C19H23BrN2O3/c20-17-5-1-4-16(14-17)19(23)22(15-18-6-2-11-25-18)8-3-7-21-9-12-24-13-10-21/h1-2,4-6,11,14H,3,7-10,12-13,15H2. The number of benzene rings is 1. The van der Waals surface area contributed by atoms with E-state index in [0.717, 1.165) is 49.5 Å². The van der Waals surface area contributed by atoms with E-state index >= 15 is 0 Å². The first-order chi connectivity index (χ1) is 12.2. The first kappa shape index (κ1) is 18.2. The van der Waals surface area contributed by atoms with Gasteiger partial charge < -0.3 is 14.1 Å². The molecule has 1 saturated heterocycles. The molecule has 1 amide bonds. The van der Waals surface area contributed by atoms with E-state index in [0.29, 0.717) is 18.7 Å². The Hall–Kier alpha value is -1.63. The van der Waals surface area contributed by atoms with Crippen LogP contribution >= 0.6 is 15.9 Å². The van der Waals surface area contributed by atoms with Crippen molar-refractivity contribution in [2.24, 2.45) is 0 Å². The van der Waals surface area contributed by atoms with Crippen LogP contribution in [0.1, 0.15) is 22.5 Å². The molecule has 0 bridgehead atoms. The second-order valence-corrected chi connectivity index (χ2v) is 7.04. The minimum Gasteiger partial charge on any atom is -0.467 e. The molecule has 0 atom stereocenters. The van der Waals surface area contributed by atoms with Crippen LogP contribution in [0.4, 0.5) is 0 Å². The van der Waals surface area contributed by atoms with Crippen molar-refractivity contribution in [1.82, 2.24) is 9.80 Å². The largest absolute Gasteiger partial charge is 0.467 e. The molecule has 2 aromatic rings. The lowest BCUT2D eigenvalue weighted by Crippen LogP contribution is -2.39. The fourth-order valence-electron chi connectivity index (χ4n) is 2.96. The maximum atomic E-state index is 12.9. The number of furan rings is 1. The number of hydrogen-bond donors (Lipinski definition) is 0. The van der Waals surface area contributed by atoms with Crippen LogP contribution in [0.5, 0.6) is 0 Å². The summed E-state index contributed by atoms with van der Waals surface area (Å²) < 4.78 is 11.7. The highest BCUT2D eigenvalue weighted by Gasteiger charge is 2.18. The fourth-order valence-corrected chi connectivity index (χ4v) is 3.36. The predicted octanol–water partition coefficient (Wildman–Crippen LogP) is 3.41. The smallest absolute Gasteiger partial charge is 0.254 e. The second kappa shape index (κ2) is 9.17. The Kier molecular flexibility index (Phi) is 6.67. The van der Waals surface area contributed by atoms with Crippen molar-refractivity contribution in [3.8, 4) is 0 Å². The Morgan fingerprint density at radius 3 is 2.76 bits per heavy atom. The molecule has 0 unspecified atom stereocenters. The van der Waals surface area contributed by atoms with Crippen LogP contribution in [0.15, 0.2) is 51.6 Å². The SMILES string of the molecule is O=C(c1cccc(Br)c1)N(CCCN1CCOCC1)Cc1ccco1. The number of nitrogens with zero attached hydrogens (tertiary/aromatic N) is 2. The van der Waals surface area contributed by atoms with Crippen LogP contribution in [0.3, 0.4) is 0 Å². The first-order valence-electron chi connectivity index (χ1n) is 8.60. The van der Waals surface area contributed by atoms with E-state index in [2.05, 4.69) is 20.8 Å². The van der Waals surface area contributed by atoms with Gasteiger partial charge in [-0.2, -0.15) is 0 Å². The van der Waals surface area contributed by atoms with Gasteiger partial charge in [-0.25, -0.2) is 0 Å². The number of rotatable bonds is 7. The van der Waals surface area contributed by atoms with Crippen LogP contribution in [0.25, 0.3) is 0 Å². The zero-order chi connectivity index (χ0) is 17.5. The molecule has 134 valence electrons. The molecule has 25 heavy (non-hydrogen) atoms. The van der Waals surface area contributed by atoms with Gasteiger partial charge in [0.05, 0.1) is 26.0 Å². The van der Waals surface area contributed by atoms with Gasteiger partial charge in [0.15, 0.2) is 0 Å². The summed E-state index contributed by atoms with van der Waals surface area (Å²) in [5, 5.41) is 0. The van der Waals surface area contributed by atoms with Crippen molar-refractivity contribution in [3.05, 3.63) is 58.5 Å². The lowest BCUT2D eigenvalue weighted by molar-refractivity contribution is 0.0354. The van der Waals surface area contributed by atoms with Crippen LogP contribution in [-0.4, -0.2) is 55.1 Å². The van der Waals surface area contributed by atoms with Crippen molar-refractivity contribution < 1.29 is 13.9 Å². The Labute approximate surface area is 156 Å². The second-order valence-electron chi connectivity index (χ2n) is 6.12. The molecule has 0 saturated carbocycles. The van der Waals surface area contributed by atoms with Crippen molar-refractivity contribution in [2.45, 2.75) is 13.0 Å². The van der Waals surface area contributed by atoms with E-state index in [4.69, 9.17) is 9.15 Å². The van der Waals surface area contributed by atoms with Gasteiger partial charge >= 0.3 is 0 Å². The summed E-state index contributed by atoms with van der Waals surface area (Å²) in [5.74, 6) is 0.828. The lowest BCUT2D eigenvalue weighted by atomic mass is 10.2. The summed E-state index contributed by atoms with van der Waals surface area (Å²) in [6.07, 6.45) is 2.57. The molecule has 0 aliphatic carbocycles. The Balaban J connectivity index is 1.63. The Morgan fingerprint density at radius 1 is 1.20 bits per heavy atom. The molecule has 1 fully saturated rings. The highest BCUT2D eigenvalue weighted by Crippen LogP contribution is 2.16. The summed E-state index contributed by atoms with van der Waals surface area (Å²) in [4.78, 5) is 17.2. The molecule has 1 aromatic heterocycles. The number of halogens is 1. The molecule has 1 aromatic carbocycles. The third-order valence-corrected chi connectivity index (χ3v) is 4.78. The zero-order valence-electron chi connectivity index (χ0n) is 14.2. The third kappa shape index (κ3) is 5.42. The number of ether oxygens (including phenoxy) is 1. The summed E-state index contributed by atoms with van der Waals surface area (Å²) in [7, 11) is 0. The molecule has 1 aliphatic rings. The van der Waals surface area contributed by atoms with Crippen molar-refractivity contribution in [3.63, 3.8) is 0 Å². The number of carbonyl (C=O) groups excluding carboxylic acids is 1. The van der Waals surface area contributed by atoms with Crippen molar-refractivity contribution >= 4 is 21.8 Å². The molecule has 3 rings (SSSR count). The topological polar surface area (TPSA) is 45.9 Å². The summed E-state index contributed by atoms with van der Waals surface area (Å²) in [5.41, 5.74) is 0.687. The minimum absolute atomic E-state index is 0.0275. The van der Waals surface area contributed by atoms with Gasteiger partial charge in [0.1, 0.15) is 5.76 Å². The fraction of sp³-hybridized carbons (Fsp3) is 0.421. The third-order valence-electron chi connectivity index (χ3n) is 4.29. The molecule has 0 N–H and O–H groups in total. The highest BCUT2D eigenvalue weighted by molar-refractivity contribution is 9.10. The summed E-state index contributed by atoms with van der Waals surface area (Å²) in [6.45, 7) is 5.70. The maximum Gasteiger partial charge on any atom is 0.254 e. The van der Waals surface area contributed by atoms with E-state index in [1.807, 2.05) is 41.3 Å². The molecule has 5 nitrogen and oxygen atoms in total. The normalized spacial score (nSPS) is 15.2. The van der Waals surface area contributed by atoms with Crippen LogP contribution in [-0.2, 0) is 11.3 Å². The minimum atomic E-state index is 0.0275. The summed E-state index contributed by atoms with van der Waals surface area (Å²) >= 11 is 3.44. The Bertz CT molecular complexity index is 669. The van der Waals surface area contributed by atoms with Gasteiger partial charge in [0.2, 0.25) is 0 Å². The number of morpholine rings is 1. The number of carbonyl (C=O) groups is 1. The van der Waals surface area contributed by atoms with Gasteiger partial charge in [-0.15, -0.1) is 0 Å². The first-order valence-corrected chi connectivity index (χ1v) is 9.39. The van der Waals surface area contributed by atoms with Gasteiger partial charge in [0.25, 0.3) is 5.91 Å². The molecule has 1 aliphatic heterocycles. The lowest BCUT2D eigenvalue weighted by Gasteiger charge is -2.28. The molecule has 6 heteroatoms. The molecular formula is C19H23BrN2O3. The quantitative estimate of drug-likeness (QED) is 0.706. The molecule has 2 heterocycles. The van der Waals surface area contributed by atoms with Crippen LogP contribution < -0.4 is 0 Å². The van der Waals surface area contributed by atoms with E-state index in [-0.39, 0.29) is 5.91 Å². The number of amides is 1. The van der Waals surface area contributed by atoms with Crippen molar-refractivity contribution in [1.29, 1.82) is 0 Å². The Morgan fingerprint density at radius 2 is 2.04 bits per heavy atom. The van der Waals surface area contributed by atoms with E-state index in [9.17, 15) is 4.79 Å². The van der Waals surface area contributed by atoms with Crippen LogP contribution in [0.2, 0.25) is 0 Å². The molecule has 0 radical (unpaired) electrons. The van der Waals surface area contributed by atoms with Gasteiger partial charge in [-0.1, -0.05) is 22.0 Å². The van der Waals surface area contributed by atoms with Gasteiger partial charge in [0, 0.05) is 36.2 Å². The summed E-state index contributed by atoms with van der Waals surface area (Å²) in [6, 6.07) is 11.3. The monoisotopic (exact) mass is 406 g/mol. The average Bonchev–Trinajstić information content (AvgIpc) is 3.14. The van der Waals surface area contributed by atoms with Gasteiger partial charge in [-0.05, 0) is 36.8 Å². The number of hydrogen-bond acceptors (Lipinski definition) is 4. The molecule has 0 spiro atoms. The van der Waals surface area contributed by atoms with E-state index < -0.39 is 0 Å². The van der Waals surface area contributed by atoms with Crippen LogP contribution in [0, 0.1) is 0 Å². The van der Waals surface area contributed by atoms with Gasteiger partial charge in [-0.3, -0.25) is 9.69 Å². The molecular weight excluding hydrogens is 384 g/mol. The highest BCUT2D eigenvalue weighted by atomic mass is 79.9. The average molecular weight is 407 g/mol. The maximum absolute atomic E-state index is 12.9. The van der Waals surface area contributed by atoms with E-state index in [1.165, 1.54) is 0 Å². The zero-order valence-corrected chi connectivity index (χ0v) is 15.8. The predicted molar refractivity (Wildman–Crippen MR) is 99.5 cm³/mol.